The van der Waals surface area contributed by atoms with Gasteiger partial charge < -0.3 is 19.6 Å². The van der Waals surface area contributed by atoms with Gasteiger partial charge in [-0.15, -0.1) is 38.0 Å². The SMILES string of the molecule is Cl.Cl.OC1CCCCC1[C@H](CN1CCC(N2CCCC2)CC1)c1cccc(OC(F)(F)F)c1. The lowest BCUT2D eigenvalue weighted by atomic mass is 9.74. The summed E-state index contributed by atoms with van der Waals surface area (Å²) >= 11 is 0. The Kier molecular flexibility index (Phi) is 11.1. The molecule has 0 amide bonds. The van der Waals surface area contributed by atoms with Crippen molar-refractivity contribution in [1.29, 1.82) is 0 Å². The van der Waals surface area contributed by atoms with Gasteiger partial charge in [-0.05, 0) is 88.3 Å². The second kappa shape index (κ2) is 12.8. The van der Waals surface area contributed by atoms with Crippen molar-refractivity contribution in [2.75, 3.05) is 32.7 Å². The fraction of sp³-hybridized carbons (Fsp3) is 0.750. The Balaban J connectivity index is 0.00000193. The van der Waals surface area contributed by atoms with E-state index in [2.05, 4.69) is 14.5 Å². The maximum atomic E-state index is 12.8. The van der Waals surface area contributed by atoms with Crippen LogP contribution in [0.2, 0.25) is 0 Å². The first-order chi connectivity index (χ1) is 14.9. The van der Waals surface area contributed by atoms with Gasteiger partial charge in [0.15, 0.2) is 0 Å². The standard InChI is InChI=1S/C24H35F3N2O2.2ClH/c25-24(26,27)31-20-7-5-6-18(16-20)22(21-8-1-2-9-23(21)30)17-28-14-10-19(11-15-28)29-12-3-4-13-29;;/h5-7,16,19,21-23,30H,1-4,8-15,17H2;2*1H/t21?,22-,23?;;/m1../s1. The Labute approximate surface area is 207 Å². The molecular weight excluding hydrogens is 476 g/mol. The highest BCUT2D eigenvalue weighted by Crippen LogP contribution is 2.39. The molecule has 2 aliphatic heterocycles. The van der Waals surface area contributed by atoms with Crippen LogP contribution in [0.1, 0.15) is 62.8 Å². The number of aliphatic hydroxyl groups is 1. The lowest BCUT2D eigenvalue weighted by molar-refractivity contribution is -0.274. The van der Waals surface area contributed by atoms with Crippen LogP contribution in [0.15, 0.2) is 24.3 Å². The van der Waals surface area contributed by atoms with Crippen LogP contribution in [0.5, 0.6) is 5.75 Å². The van der Waals surface area contributed by atoms with Crippen molar-refractivity contribution < 1.29 is 23.0 Å². The second-order valence-electron chi connectivity index (χ2n) is 9.52. The Bertz CT molecular complexity index is 711. The van der Waals surface area contributed by atoms with Gasteiger partial charge in [0.2, 0.25) is 0 Å². The van der Waals surface area contributed by atoms with Crippen molar-refractivity contribution >= 4 is 24.8 Å². The molecule has 3 aliphatic rings. The maximum Gasteiger partial charge on any atom is 0.573 e. The average molecular weight is 513 g/mol. The minimum atomic E-state index is -4.70. The van der Waals surface area contributed by atoms with Crippen molar-refractivity contribution in [1.82, 2.24) is 9.80 Å². The van der Waals surface area contributed by atoms with Crippen molar-refractivity contribution in [2.24, 2.45) is 5.92 Å². The van der Waals surface area contributed by atoms with E-state index in [1.807, 2.05) is 6.07 Å². The van der Waals surface area contributed by atoms with Crippen LogP contribution < -0.4 is 4.74 Å². The fourth-order valence-electron chi connectivity index (χ4n) is 5.89. The van der Waals surface area contributed by atoms with Crippen LogP contribution in [0, 0.1) is 5.92 Å². The molecule has 1 aromatic rings. The number of nitrogens with zero attached hydrogens (tertiary/aromatic N) is 2. The van der Waals surface area contributed by atoms with E-state index in [1.54, 1.807) is 6.07 Å². The molecule has 4 nitrogen and oxygen atoms in total. The second-order valence-corrected chi connectivity index (χ2v) is 9.52. The summed E-state index contributed by atoms with van der Waals surface area (Å²) in [6.45, 7) is 5.24. The topological polar surface area (TPSA) is 35.9 Å². The normalized spacial score (nSPS) is 26.3. The molecule has 0 radical (unpaired) electrons. The molecule has 33 heavy (non-hydrogen) atoms. The number of hydrogen-bond donors (Lipinski definition) is 1. The number of halogens is 5. The van der Waals surface area contributed by atoms with Crippen LogP contribution in [0.25, 0.3) is 0 Å². The third kappa shape index (κ3) is 7.89. The summed E-state index contributed by atoms with van der Waals surface area (Å²) in [6, 6.07) is 7.08. The molecule has 4 rings (SSSR count). The van der Waals surface area contributed by atoms with E-state index in [0.29, 0.717) is 6.04 Å². The van der Waals surface area contributed by atoms with Crippen LogP contribution in [-0.4, -0.2) is 66.1 Å². The monoisotopic (exact) mass is 512 g/mol. The predicted octanol–water partition coefficient (Wildman–Crippen LogP) is 5.62. The molecule has 3 atom stereocenters. The lowest BCUT2D eigenvalue weighted by Crippen LogP contribution is -2.46. The van der Waals surface area contributed by atoms with Crippen LogP contribution in [0.3, 0.4) is 0 Å². The van der Waals surface area contributed by atoms with Gasteiger partial charge >= 0.3 is 6.36 Å². The van der Waals surface area contributed by atoms with Crippen molar-refractivity contribution in [3.05, 3.63) is 29.8 Å². The summed E-state index contributed by atoms with van der Waals surface area (Å²) in [6.07, 6.45) is 3.59. The summed E-state index contributed by atoms with van der Waals surface area (Å²) in [5.41, 5.74) is 0.842. The summed E-state index contributed by atoms with van der Waals surface area (Å²) in [7, 11) is 0. The third-order valence-electron chi connectivity index (χ3n) is 7.49. The van der Waals surface area contributed by atoms with Crippen LogP contribution in [-0.2, 0) is 0 Å². The quantitative estimate of drug-likeness (QED) is 0.536. The van der Waals surface area contributed by atoms with Crippen molar-refractivity contribution in [3.63, 3.8) is 0 Å². The minimum absolute atomic E-state index is 0. The summed E-state index contributed by atoms with van der Waals surface area (Å²) in [5, 5.41) is 10.7. The highest BCUT2D eigenvalue weighted by Gasteiger charge is 2.36. The smallest absolute Gasteiger partial charge is 0.406 e. The number of aliphatic hydroxyl groups excluding tert-OH is 1. The maximum absolute atomic E-state index is 12.8. The first-order valence-electron chi connectivity index (χ1n) is 11.9. The number of rotatable bonds is 6. The molecule has 0 spiro atoms. The van der Waals surface area contributed by atoms with Gasteiger partial charge in [-0.1, -0.05) is 25.0 Å². The van der Waals surface area contributed by atoms with Gasteiger partial charge in [-0.3, -0.25) is 0 Å². The Morgan fingerprint density at radius 1 is 0.939 bits per heavy atom. The molecule has 2 unspecified atom stereocenters. The number of alkyl halides is 3. The van der Waals surface area contributed by atoms with Gasteiger partial charge in [0, 0.05) is 18.5 Å². The fourth-order valence-corrected chi connectivity index (χ4v) is 5.89. The zero-order chi connectivity index (χ0) is 21.8. The Morgan fingerprint density at radius 3 is 2.24 bits per heavy atom. The van der Waals surface area contributed by atoms with Crippen LogP contribution >= 0.6 is 24.8 Å². The van der Waals surface area contributed by atoms with E-state index in [4.69, 9.17) is 0 Å². The molecule has 1 aromatic carbocycles. The number of benzene rings is 1. The molecule has 1 aliphatic carbocycles. The summed E-state index contributed by atoms with van der Waals surface area (Å²) in [5.74, 6) is -0.0883. The zero-order valence-electron chi connectivity index (χ0n) is 19.0. The molecule has 0 aromatic heterocycles. The van der Waals surface area contributed by atoms with Gasteiger partial charge in [0.25, 0.3) is 0 Å². The van der Waals surface area contributed by atoms with E-state index < -0.39 is 12.5 Å². The molecule has 2 saturated heterocycles. The van der Waals surface area contributed by atoms with E-state index in [1.165, 1.54) is 38.1 Å². The molecule has 190 valence electrons. The van der Waals surface area contributed by atoms with E-state index >= 15 is 0 Å². The molecule has 0 bridgehead atoms. The minimum Gasteiger partial charge on any atom is -0.406 e. The molecule has 1 saturated carbocycles. The van der Waals surface area contributed by atoms with E-state index in [9.17, 15) is 18.3 Å². The Hall–Kier alpha value is -0.730. The molecular formula is C24H37Cl2F3N2O2. The van der Waals surface area contributed by atoms with Crippen LogP contribution in [0.4, 0.5) is 13.2 Å². The molecule has 9 heteroatoms. The highest BCUT2D eigenvalue weighted by atomic mass is 35.5. The highest BCUT2D eigenvalue weighted by molar-refractivity contribution is 5.85. The number of hydrogen-bond acceptors (Lipinski definition) is 4. The lowest BCUT2D eigenvalue weighted by Gasteiger charge is -2.41. The van der Waals surface area contributed by atoms with Gasteiger partial charge in [0.05, 0.1) is 6.10 Å². The zero-order valence-corrected chi connectivity index (χ0v) is 20.6. The first kappa shape index (κ1) is 28.5. The molecule has 1 N–H and O–H groups in total. The molecule has 3 fully saturated rings. The van der Waals surface area contributed by atoms with Gasteiger partial charge in [-0.2, -0.15) is 0 Å². The summed E-state index contributed by atoms with van der Waals surface area (Å²) in [4.78, 5) is 5.08. The predicted molar refractivity (Wildman–Crippen MR) is 129 cm³/mol. The largest absolute Gasteiger partial charge is 0.573 e. The van der Waals surface area contributed by atoms with E-state index in [0.717, 1.165) is 63.7 Å². The summed E-state index contributed by atoms with van der Waals surface area (Å²) < 4.78 is 42.4. The average Bonchev–Trinajstić information content (AvgIpc) is 3.27. The number of likely N-dealkylation sites (tertiary alicyclic amines) is 2. The van der Waals surface area contributed by atoms with Gasteiger partial charge in [-0.25, -0.2) is 0 Å². The number of piperidine rings is 1. The van der Waals surface area contributed by atoms with Crippen molar-refractivity contribution in [3.8, 4) is 5.75 Å². The third-order valence-corrected chi connectivity index (χ3v) is 7.49. The number of ether oxygens (including phenoxy) is 1. The first-order valence-corrected chi connectivity index (χ1v) is 11.9. The van der Waals surface area contributed by atoms with Crippen molar-refractivity contribution in [2.45, 2.75) is 75.8 Å². The van der Waals surface area contributed by atoms with Gasteiger partial charge in [0.1, 0.15) is 5.75 Å². The Morgan fingerprint density at radius 2 is 1.61 bits per heavy atom. The molecule has 2 heterocycles. The van der Waals surface area contributed by atoms with E-state index in [-0.39, 0.29) is 42.4 Å².